The standard InChI is InChI=1S/C8H4Br2FN/c9-8(10)5-1-2-6(4-12)7(11)3-5/h1-3,8H. The molecule has 0 saturated heterocycles. The largest absolute Gasteiger partial charge is 0.206 e. The Morgan fingerprint density at radius 1 is 1.42 bits per heavy atom. The van der Waals surface area contributed by atoms with Crippen molar-refractivity contribution < 1.29 is 4.39 Å². The highest BCUT2D eigenvalue weighted by Gasteiger charge is 2.06. The van der Waals surface area contributed by atoms with Crippen molar-refractivity contribution in [2.75, 3.05) is 0 Å². The van der Waals surface area contributed by atoms with Gasteiger partial charge in [0.2, 0.25) is 0 Å². The van der Waals surface area contributed by atoms with Gasteiger partial charge in [-0.25, -0.2) is 4.39 Å². The molecular weight excluding hydrogens is 289 g/mol. The van der Waals surface area contributed by atoms with Crippen LogP contribution in [0.25, 0.3) is 0 Å². The molecule has 0 aromatic heterocycles. The summed E-state index contributed by atoms with van der Waals surface area (Å²) in [5.74, 6) is -0.487. The average Bonchev–Trinajstić information content (AvgIpc) is 2.04. The van der Waals surface area contributed by atoms with Crippen LogP contribution in [-0.2, 0) is 0 Å². The van der Waals surface area contributed by atoms with E-state index in [4.69, 9.17) is 5.26 Å². The Hall–Kier alpha value is -0.400. The van der Waals surface area contributed by atoms with Crippen LogP contribution in [0.4, 0.5) is 4.39 Å². The summed E-state index contributed by atoms with van der Waals surface area (Å²) in [5, 5.41) is 8.43. The number of nitriles is 1. The van der Waals surface area contributed by atoms with Crippen molar-refractivity contribution in [1.29, 1.82) is 5.26 Å². The lowest BCUT2D eigenvalue weighted by atomic mass is 10.1. The molecule has 0 atom stereocenters. The highest BCUT2D eigenvalue weighted by molar-refractivity contribution is 9.24. The number of alkyl halides is 2. The van der Waals surface area contributed by atoms with Crippen LogP contribution < -0.4 is 0 Å². The van der Waals surface area contributed by atoms with Crippen molar-refractivity contribution in [2.45, 2.75) is 3.74 Å². The van der Waals surface area contributed by atoms with E-state index in [2.05, 4.69) is 31.9 Å². The number of nitrogens with zero attached hydrogens (tertiary/aromatic N) is 1. The fraction of sp³-hybridized carbons (Fsp3) is 0.125. The summed E-state index contributed by atoms with van der Waals surface area (Å²) in [7, 11) is 0. The summed E-state index contributed by atoms with van der Waals surface area (Å²) in [4.78, 5) is 0. The Morgan fingerprint density at radius 3 is 2.50 bits per heavy atom. The maximum Gasteiger partial charge on any atom is 0.141 e. The summed E-state index contributed by atoms with van der Waals surface area (Å²) in [5.41, 5.74) is 0.825. The van der Waals surface area contributed by atoms with Gasteiger partial charge < -0.3 is 0 Å². The van der Waals surface area contributed by atoms with Gasteiger partial charge in [0.25, 0.3) is 0 Å². The third-order valence-corrected chi connectivity index (χ3v) is 2.42. The molecule has 0 aliphatic rings. The molecule has 0 aliphatic carbocycles. The number of hydrogen-bond acceptors (Lipinski definition) is 1. The van der Waals surface area contributed by atoms with Crippen LogP contribution in [0.1, 0.15) is 14.9 Å². The van der Waals surface area contributed by atoms with Gasteiger partial charge in [-0.3, -0.25) is 0 Å². The first-order valence-corrected chi connectivity index (χ1v) is 4.96. The van der Waals surface area contributed by atoms with E-state index >= 15 is 0 Å². The third kappa shape index (κ3) is 2.05. The van der Waals surface area contributed by atoms with E-state index < -0.39 is 5.82 Å². The van der Waals surface area contributed by atoms with E-state index in [-0.39, 0.29) is 9.30 Å². The molecule has 0 heterocycles. The minimum atomic E-state index is -0.487. The second kappa shape index (κ2) is 4.01. The number of benzene rings is 1. The lowest BCUT2D eigenvalue weighted by Crippen LogP contribution is -1.87. The summed E-state index contributed by atoms with van der Waals surface area (Å²) < 4.78 is 12.9. The molecule has 0 saturated carbocycles. The Balaban J connectivity index is 3.12. The van der Waals surface area contributed by atoms with Gasteiger partial charge in [-0.1, -0.05) is 37.9 Å². The van der Waals surface area contributed by atoms with Crippen LogP contribution in [-0.4, -0.2) is 0 Å². The maximum atomic E-state index is 12.9. The lowest BCUT2D eigenvalue weighted by molar-refractivity contribution is 0.622. The van der Waals surface area contributed by atoms with Crippen molar-refractivity contribution in [3.63, 3.8) is 0 Å². The summed E-state index contributed by atoms with van der Waals surface area (Å²) in [6.45, 7) is 0. The molecular formula is C8H4Br2FN. The average molecular weight is 293 g/mol. The zero-order valence-electron chi connectivity index (χ0n) is 5.89. The van der Waals surface area contributed by atoms with Crippen LogP contribution in [0.15, 0.2) is 18.2 Å². The van der Waals surface area contributed by atoms with Gasteiger partial charge in [0.05, 0.1) is 9.30 Å². The van der Waals surface area contributed by atoms with Crippen molar-refractivity contribution in [3.8, 4) is 6.07 Å². The zero-order chi connectivity index (χ0) is 9.14. The van der Waals surface area contributed by atoms with Crippen LogP contribution in [0.5, 0.6) is 0 Å². The minimum absolute atomic E-state index is 0.0689. The number of halogens is 3. The molecule has 1 aromatic carbocycles. The van der Waals surface area contributed by atoms with E-state index in [0.29, 0.717) is 0 Å². The third-order valence-electron chi connectivity index (χ3n) is 1.37. The molecule has 1 nitrogen and oxygen atoms in total. The molecule has 62 valence electrons. The monoisotopic (exact) mass is 291 g/mol. The highest BCUT2D eigenvalue weighted by atomic mass is 79.9. The first-order valence-electron chi connectivity index (χ1n) is 3.13. The Kier molecular flexibility index (Phi) is 3.24. The van der Waals surface area contributed by atoms with Crippen LogP contribution in [0.2, 0.25) is 0 Å². The smallest absolute Gasteiger partial charge is 0.141 e. The van der Waals surface area contributed by atoms with E-state index in [1.165, 1.54) is 12.1 Å². The normalized spacial score (nSPS) is 9.92. The molecule has 1 rings (SSSR count). The second-order valence-electron chi connectivity index (χ2n) is 2.15. The fourth-order valence-electron chi connectivity index (χ4n) is 0.758. The van der Waals surface area contributed by atoms with Gasteiger partial charge in [-0.15, -0.1) is 0 Å². The molecule has 12 heavy (non-hydrogen) atoms. The van der Waals surface area contributed by atoms with E-state index in [1.807, 2.05) is 0 Å². The Morgan fingerprint density at radius 2 is 2.08 bits per heavy atom. The molecule has 0 radical (unpaired) electrons. The molecule has 0 unspecified atom stereocenters. The summed E-state index contributed by atoms with van der Waals surface area (Å²) in [6, 6.07) is 6.23. The topological polar surface area (TPSA) is 23.8 Å². The highest BCUT2D eigenvalue weighted by Crippen LogP contribution is 2.29. The van der Waals surface area contributed by atoms with E-state index in [1.54, 1.807) is 12.1 Å². The fourth-order valence-corrected chi connectivity index (χ4v) is 1.33. The van der Waals surface area contributed by atoms with Gasteiger partial charge in [0.1, 0.15) is 11.9 Å². The molecule has 4 heteroatoms. The van der Waals surface area contributed by atoms with Crippen LogP contribution in [0.3, 0.4) is 0 Å². The molecule has 0 aliphatic heterocycles. The second-order valence-corrected chi connectivity index (χ2v) is 5.21. The van der Waals surface area contributed by atoms with E-state index in [9.17, 15) is 4.39 Å². The maximum absolute atomic E-state index is 12.9. The SMILES string of the molecule is N#Cc1ccc(C(Br)Br)cc1F. The van der Waals surface area contributed by atoms with Crippen molar-refractivity contribution >= 4 is 31.9 Å². The van der Waals surface area contributed by atoms with Crippen molar-refractivity contribution in [1.82, 2.24) is 0 Å². The first-order chi connectivity index (χ1) is 5.65. The first kappa shape index (κ1) is 9.69. The lowest BCUT2D eigenvalue weighted by Gasteiger charge is -2.01. The van der Waals surface area contributed by atoms with E-state index in [0.717, 1.165) is 5.56 Å². The van der Waals surface area contributed by atoms with Gasteiger partial charge in [0, 0.05) is 0 Å². The summed E-state index contributed by atoms with van der Waals surface area (Å²) >= 11 is 6.46. The van der Waals surface area contributed by atoms with Crippen LogP contribution >= 0.6 is 31.9 Å². The molecule has 0 N–H and O–H groups in total. The summed E-state index contributed by atoms with van der Waals surface area (Å²) in [6.07, 6.45) is 0. The van der Waals surface area contributed by atoms with Gasteiger partial charge in [-0.05, 0) is 17.7 Å². The molecule has 0 spiro atoms. The predicted molar refractivity (Wildman–Crippen MR) is 51.7 cm³/mol. The Bertz CT molecular complexity index is 330. The van der Waals surface area contributed by atoms with Crippen molar-refractivity contribution in [2.24, 2.45) is 0 Å². The van der Waals surface area contributed by atoms with Gasteiger partial charge in [0.15, 0.2) is 0 Å². The number of hydrogen-bond donors (Lipinski definition) is 0. The number of rotatable bonds is 1. The quantitative estimate of drug-likeness (QED) is 0.727. The molecule has 0 bridgehead atoms. The van der Waals surface area contributed by atoms with Gasteiger partial charge >= 0.3 is 0 Å². The van der Waals surface area contributed by atoms with Crippen molar-refractivity contribution in [3.05, 3.63) is 35.1 Å². The molecule has 1 aromatic rings. The van der Waals surface area contributed by atoms with Crippen LogP contribution in [0, 0.1) is 17.1 Å². The molecule has 0 fully saturated rings. The zero-order valence-corrected chi connectivity index (χ0v) is 9.06. The Labute approximate surface area is 86.5 Å². The predicted octanol–water partition coefficient (Wildman–Crippen LogP) is 3.49. The molecule has 0 amide bonds. The van der Waals surface area contributed by atoms with Gasteiger partial charge in [-0.2, -0.15) is 5.26 Å². The minimum Gasteiger partial charge on any atom is -0.206 e.